The average Bonchev–Trinajstić information content (AvgIpc) is 2.42. The van der Waals surface area contributed by atoms with Crippen molar-refractivity contribution in [2.45, 2.75) is 26.3 Å². The molecule has 0 bridgehead atoms. The van der Waals surface area contributed by atoms with Gasteiger partial charge in [0.2, 0.25) is 0 Å². The van der Waals surface area contributed by atoms with Crippen molar-refractivity contribution in [3.8, 4) is 0 Å². The van der Waals surface area contributed by atoms with Gasteiger partial charge in [0.25, 0.3) is 5.91 Å². The molecule has 0 radical (unpaired) electrons. The number of nitrogens with one attached hydrogen (secondary N) is 1. The molecule has 1 N–H and O–H groups in total. The fourth-order valence-corrected chi connectivity index (χ4v) is 1.41. The number of amidine groups is 1. The maximum Gasteiger partial charge on any atom is 0.252 e. The number of aliphatic imine (C=N–C) groups is 1. The van der Waals surface area contributed by atoms with Crippen LogP contribution in [-0.4, -0.2) is 22.3 Å². The molecule has 4 nitrogen and oxygen atoms in total. The summed E-state index contributed by atoms with van der Waals surface area (Å²) in [5, 5.41) is 2.74. The lowest BCUT2D eigenvalue weighted by molar-refractivity contribution is -0.122. The molecule has 0 aromatic carbocycles. The van der Waals surface area contributed by atoms with E-state index in [9.17, 15) is 4.79 Å². The molecule has 0 aliphatic carbocycles. The van der Waals surface area contributed by atoms with E-state index in [0.717, 1.165) is 5.56 Å². The van der Waals surface area contributed by atoms with Gasteiger partial charge in [0, 0.05) is 6.20 Å². The van der Waals surface area contributed by atoms with Crippen LogP contribution in [0.25, 0.3) is 0 Å². The number of nitrogens with zero attached hydrogens (tertiary/aromatic N) is 2. The standard InChI is InChI=1S/C11H13N3O/c1-7-4-5-12-8(6-7)9-13-10(15)11(2,3)14-9/h4-6H,1-3H3,(H,13,14,15). The summed E-state index contributed by atoms with van der Waals surface area (Å²) >= 11 is 0. The van der Waals surface area contributed by atoms with E-state index in [1.165, 1.54) is 0 Å². The summed E-state index contributed by atoms with van der Waals surface area (Å²) in [6, 6.07) is 3.81. The molecule has 2 rings (SSSR count). The minimum Gasteiger partial charge on any atom is -0.307 e. The van der Waals surface area contributed by atoms with Gasteiger partial charge in [-0.05, 0) is 38.5 Å². The van der Waals surface area contributed by atoms with Gasteiger partial charge in [0.1, 0.15) is 11.2 Å². The van der Waals surface area contributed by atoms with Gasteiger partial charge in [-0.2, -0.15) is 0 Å². The molecule has 4 heteroatoms. The zero-order valence-electron chi connectivity index (χ0n) is 9.03. The molecule has 15 heavy (non-hydrogen) atoms. The van der Waals surface area contributed by atoms with Crippen molar-refractivity contribution >= 4 is 11.7 Å². The summed E-state index contributed by atoms with van der Waals surface area (Å²) < 4.78 is 0. The predicted octanol–water partition coefficient (Wildman–Crippen LogP) is 1.05. The minimum absolute atomic E-state index is 0.0826. The van der Waals surface area contributed by atoms with Crippen LogP contribution in [0.3, 0.4) is 0 Å². The molecule has 0 saturated heterocycles. The summed E-state index contributed by atoms with van der Waals surface area (Å²) in [6.45, 7) is 5.55. The van der Waals surface area contributed by atoms with Crippen molar-refractivity contribution in [2.75, 3.05) is 0 Å². The molecule has 0 fully saturated rings. The normalized spacial score (nSPS) is 18.6. The molecule has 1 amide bonds. The van der Waals surface area contributed by atoms with Crippen molar-refractivity contribution in [2.24, 2.45) is 4.99 Å². The highest BCUT2D eigenvalue weighted by Crippen LogP contribution is 2.16. The summed E-state index contributed by atoms with van der Waals surface area (Å²) in [4.78, 5) is 20.0. The second-order valence-corrected chi connectivity index (χ2v) is 4.19. The Kier molecular flexibility index (Phi) is 2.07. The smallest absolute Gasteiger partial charge is 0.252 e. The second-order valence-electron chi connectivity index (χ2n) is 4.19. The van der Waals surface area contributed by atoms with Crippen molar-refractivity contribution in [1.82, 2.24) is 10.3 Å². The molecule has 1 aromatic heterocycles. The summed E-state index contributed by atoms with van der Waals surface area (Å²) in [5.74, 6) is 0.481. The fraction of sp³-hybridized carbons (Fsp3) is 0.364. The Morgan fingerprint density at radius 3 is 2.67 bits per heavy atom. The predicted molar refractivity (Wildman–Crippen MR) is 57.7 cm³/mol. The summed E-state index contributed by atoms with van der Waals surface area (Å²) in [7, 11) is 0. The number of aromatic nitrogens is 1. The summed E-state index contributed by atoms with van der Waals surface area (Å²) in [5.41, 5.74) is 1.14. The molecular weight excluding hydrogens is 190 g/mol. The highest BCUT2D eigenvalue weighted by molar-refractivity contribution is 6.14. The first-order valence-corrected chi connectivity index (χ1v) is 4.83. The van der Waals surface area contributed by atoms with Gasteiger partial charge in [0.05, 0.1) is 0 Å². The average molecular weight is 203 g/mol. The number of carbonyl (C=O) groups excluding carboxylic acids is 1. The maximum atomic E-state index is 11.5. The number of rotatable bonds is 1. The van der Waals surface area contributed by atoms with Crippen LogP contribution >= 0.6 is 0 Å². The maximum absolute atomic E-state index is 11.5. The van der Waals surface area contributed by atoms with E-state index in [4.69, 9.17) is 0 Å². The van der Waals surface area contributed by atoms with Gasteiger partial charge in [-0.25, -0.2) is 0 Å². The lowest BCUT2D eigenvalue weighted by Gasteiger charge is -2.07. The van der Waals surface area contributed by atoms with E-state index in [1.807, 2.05) is 19.1 Å². The zero-order valence-corrected chi connectivity index (χ0v) is 9.03. The lowest BCUT2D eigenvalue weighted by atomic mass is 10.1. The van der Waals surface area contributed by atoms with E-state index in [0.29, 0.717) is 11.5 Å². The van der Waals surface area contributed by atoms with E-state index in [-0.39, 0.29) is 5.91 Å². The fourth-order valence-electron chi connectivity index (χ4n) is 1.41. The molecule has 1 aliphatic heterocycles. The number of amides is 1. The van der Waals surface area contributed by atoms with Gasteiger partial charge in [-0.15, -0.1) is 0 Å². The molecule has 1 aliphatic rings. The Hall–Kier alpha value is -1.71. The van der Waals surface area contributed by atoms with Crippen LogP contribution in [0.5, 0.6) is 0 Å². The molecule has 78 valence electrons. The Labute approximate surface area is 88.4 Å². The molecule has 0 unspecified atom stereocenters. The van der Waals surface area contributed by atoms with Gasteiger partial charge < -0.3 is 5.32 Å². The quantitative estimate of drug-likeness (QED) is 0.741. The Bertz CT molecular complexity index is 449. The van der Waals surface area contributed by atoms with E-state index in [1.54, 1.807) is 20.0 Å². The SMILES string of the molecule is Cc1ccnc(C2=NC(C)(C)C(=O)N2)c1. The molecular formula is C11H13N3O. The first-order valence-electron chi connectivity index (χ1n) is 4.83. The first-order chi connectivity index (χ1) is 6.99. The number of hydrogen-bond donors (Lipinski definition) is 1. The monoisotopic (exact) mass is 203 g/mol. The number of hydrogen-bond acceptors (Lipinski definition) is 3. The van der Waals surface area contributed by atoms with E-state index >= 15 is 0 Å². The van der Waals surface area contributed by atoms with Crippen LogP contribution in [0, 0.1) is 6.92 Å². The lowest BCUT2D eigenvalue weighted by Crippen LogP contribution is -2.34. The third-order valence-corrected chi connectivity index (χ3v) is 2.34. The Balaban J connectivity index is 2.39. The third kappa shape index (κ3) is 1.75. The minimum atomic E-state index is -0.680. The number of carbonyl (C=O) groups is 1. The van der Waals surface area contributed by atoms with E-state index in [2.05, 4.69) is 15.3 Å². The van der Waals surface area contributed by atoms with Crippen LogP contribution in [0.4, 0.5) is 0 Å². The third-order valence-electron chi connectivity index (χ3n) is 2.34. The van der Waals surface area contributed by atoms with Crippen LogP contribution < -0.4 is 5.32 Å². The molecule has 1 aromatic rings. The Morgan fingerprint density at radius 2 is 2.13 bits per heavy atom. The van der Waals surface area contributed by atoms with Gasteiger partial charge >= 0.3 is 0 Å². The highest BCUT2D eigenvalue weighted by atomic mass is 16.2. The van der Waals surface area contributed by atoms with Crippen molar-refractivity contribution in [1.29, 1.82) is 0 Å². The van der Waals surface area contributed by atoms with Gasteiger partial charge in [-0.3, -0.25) is 14.8 Å². The summed E-state index contributed by atoms with van der Waals surface area (Å²) in [6.07, 6.45) is 1.71. The molecule has 0 saturated carbocycles. The highest BCUT2D eigenvalue weighted by Gasteiger charge is 2.34. The Morgan fingerprint density at radius 1 is 1.40 bits per heavy atom. The van der Waals surface area contributed by atoms with Gasteiger partial charge in [-0.1, -0.05) is 0 Å². The van der Waals surface area contributed by atoms with Crippen LogP contribution in [0.1, 0.15) is 25.1 Å². The van der Waals surface area contributed by atoms with E-state index < -0.39 is 5.54 Å². The second kappa shape index (κ2) is 3.15. The van der Waals surface area contributed by atoms with Crippen molar-refractivity contribution in [3.63, 3.8) is 0 Å². The zero-order chi connectivity index (χ0) is 11.1. The molecule has 2 heterocycles. The first kappa shape index (κ1) is 9.83. The largest absolute Gasteiger partial charge is 0.307 e. The van der Waals surface area contributed by atoms with Crippen molar-refractivity contribution in [3.05, 3.63) is 29.6 Å². The molecule has 0 atom stereocenters. The number of pyridine rings is 1. The van der Waals surface area contributed by atoms with Crippen molar-refractivity contribution < 1.29 is 4.79 Å². The van der Waals surface area contributed by atoms with Crippen LogP contribution in [-0.2, 0) is 4.79 Å². The topological polar surface area (TPSA) is 54.4 Å². The number of aryl methyl sites for hydroxylation is 1. The van der Waals surface area contributed by atoms with Gasteiger partial charge in [0.15, 0.2) is 5.84 Å². The molecule has 0 spiro atoms. The van der Waals surface area contributed by atoms with Crippen LogP contribution in [0.15, 0.2) is 23.3 Å². The van der Waals surface area contributed by atoms with Crippen LogP contribution in [0.2, 0.25) is 0 Å².